The lowest BCUT2D eigenvalue weighted by Crippen LogP contribution is -2.24. The molecule has 3 nitrogen and oxygen atoms in total. The maximum Gasteiger partial charge on any atom is 0.224 e. The van der Waals surface area contributed by atoms with Crippen molar-refractivity contribution >= 4 is 5.91 Å². The van der Waals surface area contributed by atoms with E-state index in [1.54, 1.807) is 17.0 Å². The van der Waals surface area contributed by atoms with Crippen LogP contribution in [-0.4, -0.2) is 17.4 Å². The molecule has 0 saturated carbocycles. The number of carbonyl (C=O) groups excluding carboxylic acids is 1. The van der Waals surface area contributed by atoms with Crippen molar-refractivity contribution in [2.45, 2.75) is 13.0 Å². The molecule has 16 heavy (non-hydrogen) atoms. The summed E-state index contributed by atoms with van der Waals surface area (Å²) in [5, 5.41) is 8.72. The Morgan fingerprint density at radius 2 is 2.38 bits per heavy atom. The van der Waals surface area contributed by atoms with Gasteiger partial charge in [-0.15, -0.1) is 0 Å². The van der Waals surface area contributed by atoms with Gasteiger partial charge in [-0.25, -0.2) is 4.39 Å². The summed E-state index contributed by atoms with van der Waals surface area (Å²) in [4.78, 5) is 13.1. The number of carbonyl (C=O) groups is 1. The Hall–Kier alpha value is -1.89. The van der Waals surface area contributed by atoms with Crippen LogP contribution in [0.4, 0.5) is 4.39 Å². The topological polar surface area (TPSA) is 44.1 Å². The van der Waals surface area contributed by atoms with Crippen LogP contribution in [0.3, 0.4) is 0 Å². The summed E-state index contributed by atoms with van der Waals surface area (Å²) in [5.74, 6) is -0.558. The van der Waals surface area contributed by atoms with Gasteiger partial charge in [-0.05, 0) is 17.7 Å². The minimum absolute atomic E-state index is 0.0317. The molecule has 1 aromatic rings. The van der Waals surface area contributed by atoms with Crippen LogP contribution in [0.25, 0.3) is 0 Å². The van der Waals surface area contributed by atoms with Crippen molar-refractivity contribution in [2.75, 3.05) is 6.54 Å². The predicted molar refractivity (Wildman–Crippen MR) is 55.5 cm³/mol. The Labute approximate surface area is 93.1 Å². The molecule has 1 heterocycles. The third-order valence-corrected chi connectivity index (χ3v) is 2.66. The van der Waals surface area contributed by atoms with Crippen LogP contribution in [-0.2, 0) is 11.3 Å². The lowest BCUT2D eigenvalue weighted by molar-refractivity contribution is -0.128. The van der Waals surface area contributed by atoms with E-state index >= 15 is 0 Å². The lowest BCUT2D eigenvalue weighted by Gasteiger charge is -2.15. The Balaban J connectivity index is 2.06. The van der Waals surface area contributed by atoms with Crippen molar-refractivity contribution in [3.05, 3.63) is 35.6 Å². The first-order valence-corrected chi connectivity index (χ1v) is 5.11. The molecule has 1 aliphatic heterocycles. The first-order chi connectivity index (χ1) is 7.69. The molecular weight excluding hydrogens is 207 g/mol. The Kier molecular flexibility index (Phi) is 2.86. The average Bonchev–Trinajstić information content (AvgIpc) is 2.60. The number of hydrogen-bond acceptors (Lipinski definition) is 2. The van der Waals surface area contributed by atoms with E-state index in [0.717, 1.165) is 5.56 Å². The second-order valence-electron chi connectivity index (χ2n) is 3.93. The van der Waals surface area contributed by atoms with E-state index in [1.165, 1.54) is 12.1 Å². The number of halogens is 1. The molecule has 1 amide bonds. The van der Waals surface area contributed by atoms with Gasteiger partial charge in [0.05, 0.1) is 12.0 Å². The summed E-state index contributed by atoms with van der Waals surface area (Å²) in [6.45, 7) is 0.834. The molecule has 0 aliphatic carbocycles. The molecule has 1 fully saturated rings. The third kappa shape index (κ3) is 2.19. The zero-order valence-corrected chi connectivity index (χ0v) is 8.69. The fraction of sp³-hybridized carbons (Fsp3) is 0.333. The fourth-order valence-electron chi connectivity index (χ4n) is 1.87. The number of benzene rings is 1. The van der Waals surface area contributed by atoms with Crippen molar-refractivity contribution in [3.8, 4) is 6.07 Å². The van der Waals surface area contributed by atoms with E-state index in [1.807, 2.05) is 0 Å². The number of nitriles is 1. The number of hydrogen-bond donors (Lipinski definition) is 0. The number of amides is 1. The van der Waals surface area contributed by atoms with Crippen molar-refractivity contribution < 1.29 is 9.18 Å². The normalized spacial score (nSPS) is 19.9. The van der Waals surface area contributed by atoms with Gasteiger partial charge in [0.25, 0.3) is 0 Å². The highest BCUT2D eigenvalue weighted by Gasteiger charge is 2.29. The van der Waals surface area contributed by atoms with Crippen molar-refractivity contribution in [1.82, 2.24) is 4.90 Å². The molecule has 4 heteroatoms. The largest absolute Gasteiger partial charge is 0.337 e. The van der Waals surface area contributed by atoms with E-state index in [0.29, 0.717) is 13.1 Å². The van der Waals surface area contributed by atoms with Gasteiger partial charge >= 0.3 is 0 Å². The smallest absolute Gasteiger partial charge is 0.224 e. The highest BCUT2D eigenvalue weighted by molar-refractivity contribution is 5.79. The van der Waals surface area contributed by atoms with Crippen LogP contribution in [0.2, 0.25) is 0 Å². The molecule has 1 unspecified atom stereocenters. The first kappa shape index (κ1) is 10.6. The van der Waals surface area contributed by atoms with Crippen LogP contribution < -0.4 is 0 Å². The first-order valence-electron chi connectivity index (χ1n) is 5.11. The van der Waals surface area contributed by atoms with Gasteiger partial charge in [-0.3, -0.25) is 4.79 Å². The fourth-order valence-corrected chi connectivity index (χ4v) is 1.87. The van der Waals surface area contributed by atoms with Gasteiger partial charge in [0.1, 0.15) is 5.82 Å². The summed E-state index contributed by atoms with van der Waals surface area (Å²) in [6.07, 6.45) is 0.284. The van der Waals surface area contributed by atoms with Gasteiger partial charge in [0.2, 0.25) is 5.91 Å². The van der Waals surface area contributed by atoms with Crippen LogP contribution >= 0.6 is 0 Å². The van der Waals surface area contributed by atoms with Crippen LogP contribution in [0, 0.1) is 23.1 Å². The lowest BCUT2D eigenvalue weighted by atomic mass is 10.1. The summed E-state index contributed by atoms with van der Waals surface area (Å²) < 4.78 is 12.9. The molecule has 0 N–H and O–H groups in total. The molecule has 1 atom stereocenters. The maximum atomic E-state index is 12.9. The number of likely N-dealkylation sites (tertiary alicyclic amines) is 1. The standard InChI is InChI=1S/C12H11FN2O/c13-11-3-1-2-9(4-11)7-15-8-10(6-14)5-12(15)16/h1-4,10H,5,7-8H2. The van der Waals surface area contributed by atoms with E-state index < -0.39 is 0 Å². The SMILES string of the molecule is N#CC1CC(=O)N(Cc2cccc(F)c2)C1. The molecular formula is C12H11FN2O. The molecule has 1 aromatic carbocycles. The zero-order valence-electron chi connectivity index (χ0n) is 8.69. The van der Waals surface area contributed by atoms with E-state index in [-0.39, 0.29) is 24.1 Å². The van der Waals surface area contributed by atoms with Gasteiger partial charge in [0.15, 0.2) is 0 Å². The molecule has 2 rings (SSSR count). The van der Waals surface area contributed by atoms with Gasteiger partial charge in [-0.2, -0.15) is 5.26 Å². The molecule has 0 spiro atoms. The molecule has 0 radical (unpaired) electrons. The van der Waals surface area contributed by atoms with Gasteiger partial charge in [0, 0.05) is 19.5 Å². The number of nitrogens with zero attached hydrogens (tertiary/aromatic N) is 2. The molecule has 82 valence electrons. The average molecular weight is 218 g/mol. The molecule has 0 bridgehead atoms. The van der Waals surface area contributed by atoms with Crippen LogP contribution in [0.5, 0.6) is 0 Å². The second-order valence-corrected chi connectivity index (χ2v) is 3.93. The number of rotatable bonds is 2. The minimum atomic E-state index is -0.305. The highest BCUT2D eigenvalue weighted by atomic mass is 19.1. The molecule has 1 saturated heterocycles. The van der Waals surface area contributed by atoms with E-state index in [2.05, 4.69) is 6.07 Å². The van der Waals surface area contributed by atoms with Crippen molar-refractivity contribution in [3.63, 3.8) is 0 Å². The maximum absolute atomic E-state index is 12.9. The predicted octanol–water partition coefficient (Wildman–Crippen LogP) is 1.70. The van der Waals surface area contributed by atoms with Crippen LogP contribution in [0.1, 0.15) is 12.0 Å². The van der Waals surface area contributed by atoms with Gasteiger partial charge in [-0.1, -0.05) is 12.1 Å². The third-order valence-electron chi connectivity index (χ3n) is 2.66. The quantitative estimate of drug-likeness (QED) is 0.758. The summed E-state index contributed by atoms with van der Waals surface area (Å²) in [6, 6.07) is 8.25. The Bertz CT molecular complexity index is 453. The molecule has 0 aromatic heterocycles. The minimum Gasteiger partial charge on any atom is -0.337 e. The van der Waals surface area contributed by atoms with Crippen molar-refractivity contribution in [1.29, 1.82) is 5.26 Å². The van der Waals surface area contributed by atoms with Gasteiger partial charge < -0.3 is 4.90 Å². The summed E-state index contributed by atoms with van der Waals surface area (Å²) in [7, 11) is 0. The summed E-state index contributed by atoms with van der Waals surface area (Å²) >= 11 is 0. The second kappa shape index (κ2) is 4.31. The van der Waals surface area contributed by atoms with Crippen LogP contribution in [0.15, 0.2) is 24.3 Å². The highest BCUT2D eigenvalue weighted by Crippen LogP contribution is 2.19. The van der Waals surface area contributed by atoms with Crippen molar-refractivity contribution in [2.24, 2.45) is 5.92 Å². The van der Waals surface area contributed by atoms with E-state index in [9.17, 15) is 9.18 Å². The monoisotopic (exact) mass is 218 g/mol. The van der Waals surface area contributed by atoms with E-state index in [4.69, 9.17) is 5.26 Å². The molecule has 1 aliphatic rings. The Morgan fingerprint density at radius 3 is 3.00 bits per heavy atom. The Morgan fingerprint density at radius 1 is 1.56 bits per heavy atom. The summed E-state index contributed by atoms with van der Waals surface area (Å²) in [5.41, 5.74) is 0.756. The zero-order chi connectivity index (χ0) is 11.5.